The van der Waals surface area contributed by atoms with Crippen LogP contribution in [0.5, 0.6) is 5.75 Å². The summed E-state index contributed by atoms with van der Waals surface area (Å²) in [5, 5.41) is 11.5. The van der Waals surface area contributed by atoms with Crippen LogP contribution in [0.2, 0.25) is 0 Å². The van der Waals surface area contributed by atoms with Crippen molar-refractivity contribution in [2.24, 2.45) is 0 Å². The van der Waals surface area contributed by atoms with Gasteiger partial charge in [-0.15, -0.1) is 0 Å². The summed E-state index contributed by atoms with van der Waals surface area (Å²) in [7, 11) is 3.75. The first-order chi connectivity index (χ1) is 13.0. The summed E-state index contributed by atoms with van der Waals surface area (Å²) in [5.74, 6) is -0.840. The van der Waals surface area contributed by atoms with Crippen molar-refractivity contribution in [1.82, 2.24) is 5.32 Å². The lowest BCUT2D eigenvalue weighted by atomic mass is 10.0. The zero-order valence-corrected chi connectivity index (χ0v) is 15.6. The predicted molar refractivity (Wildman–Crippen MR) is 103 cm³/mol. The highest BCUT2D eigenvalue weighted by Crippen LogP contribution is 2.19. The van der Waals surface area contributed by atoms with Gasteiger partial charge in [0.15, 0.2) is 5.76 Å². The van der Waals surface area contributed by atoms with Crippen LogP contribution in [-0.2, 0) is 4.74 Å². The molecule has 2 aromatic carbocycles. The molecular weight excluding hydrogens is 344 g/mol. The zero-order chi connectivity index (χ0) is 20.2. The molecule has 0 aliphatic rings. The Balaban J connectivity index is 0.00000114. The molecule has 1 N–H and O–H groups in total. The normalized spacial score (nSPS) is 9.26. The van der Waals surface area contributed by atoms with Gasteiger partial charge < -0.3 is 14.8 Å². The molecule has 6 nitrogen and oxygen atoms in total. The van der Waals surface area contributed by atoms with Crippen LogP contribution >= 0.6 is 0 Å². The third-order valence-electron chi connectivity index (χ3n) is 3.14. The number of Topliss-reactive ketones (excluding diaryl/α,β-unsaturated/α-hetero) is 1. The van der Waals surface area contributed by atoms with Gasteiger partial charge in [-0.05, 0) is 51.4 Å². The van der Waals surface area contributed by atoms with Crippen LogP contribution < -0.4 is 10.1 Å². The Morgan fingerprint density at radius 1 is 1.07 bits per heavy atom. The van der Waals surface area contributed by atoms with E-state index in [4.69, 9.17) is 14.7 Å². The van der Waals surface area contributed by atoms with Gasteiger partial charge in [-0.2, -0.15) is 5.26 Å². The first-order valence-corrected chi connectivity index (χ1v) is 8.24. The second-order valence-corrected chi connectivity index (χ2v) is 5.26. The average molecular weight is 366 g/mol. The minimum Gasteiger partial charge on any atom is -0.462 e. The van der Waals surface area contributed by atoms with E-state index in [1.54, 1.807) is 43.3 Å². The highest BCUT2D eigenvalue weighted by Gasteiger charge is 2.20. The summed E-state index contributed by atoms with van der Waals surface area (Å²) in [6.07, 6.45) is 0. The van der Waals surface area contributed by atoms with E-state index in [0.29, 0.717) is 11.3 Å². The van der Waals surface area contributed by atoms with Gasteiger partial charge >= 0.3 is 5.97 Å². The van der Waals surface area contributed by atoms with E-state index >= 15 is 0 Å². The molecule has 0 unspecified atom stereocenters. The fourth-order valence-electron chi connectivity index (χ4n) is 2.00. The van der Waals surface area contributed by atoms with Gasteiger partial charge in [0.25, 0.3) is 0 Å². The van der Waals surface area contributed by atoms with E-state index in [9.17, 15) is 9.59 Å². The van der Waals surface area contributed by atoms with Gasteiger partial charge in [0.05, 0.1) is 23.8 Å². The number of carbonyl (C=O) groups is 2. The molecule has 0 heterocycles. The van der Waals surface area contributed by atoms with E-state index in [-0.39, 0.29) is 23.5 Å². The highest BCUT2D eigenvalue weighted by atomic mass is 16.5. The molecule has 0 radical (unpaired) electrons. The Morgan fingerprint density at radius 3 is 2.15 bits per heavy atom. The molecule has 0 spiro atoms. The lowest BCUT2D eigenvalue weighted by molar-refractivity contribution is 0.0523. The Bertz CT molecular complexity index is 836. The molecule has 0 amide bonds. The second kappa shape index (κ2) is 11.2. The Morgan fingerprint density at radius 2 is 1.63 bits per heavy atom. The van der Waals surface area contributed by atoms with Crippen LogP contribution in [0.25, 0.3) is 0 Å². The third kappa shape index (κ3) is 6.42. The predicted octanol–water partition coefficient (Wildman–Crippen LogP) is 3.35. The van der Waals surface area contributed by atoms with E-state index < -0.39 is 11.8 Å². The highest BCUT2D eigenvalue weighted by molar-refractivity contribution is 6.13. The molecule has 0 saturated carbocycles. The number of ether oxygens (including phenoxy) is 2. The molecule has 27 heavy (non-hydrogen) atoms. The van der Waals surface area contributed by atoms with E-state index in [1.165, 1.54) is 12.1 Å². The first-order valence-electron chi connectivity index (χ1n) is 8.24. The average Bonchev–Trinajstić information content (AvgIpc) is 2.68. The standard InChI is InChI=1S/C19H15NO4.C2H7N/c1-3-23-19(22)17-7-5-4-6-16(17)18(21)13(2)24-15-10-8-14(12-20)9-11-15;1-3-2/h4-11H,2-3H2,1H3;3H,1-2H3. The van der Waals surface area contributed by atoms with Crippen molar-refractivity contribution < 1.29 is 19.1 Å². The minimum atomic E-state index is -0.576. The molecule has 6 heteroatoms. The molecule has 0 aromatic heterocycles. The van der Waals surface area contributed by atoms with Crippen LogP contribution in [0, 0.1) is 11.3 Å². The monoisotopic (exact) mass is 366 g/mol. The van der Waals surface area contributed by atoms with Crippen LogP contribution in [-0.4, -0.2) is 32.5 Å². The molecule has 0 bridgehead atoms. The summed E-state index contributed by atoms with van der Waals surface area (Å²) in [6.45, 7) is 5.53. The fraction of sp³-hybridized carbons (Fsp3) is 0.190. The smallest absolute Gasteiger partial charge is 0.338 e. The number of nitrogens with zero attached hydrogens (tertiary/aromatic N) is 1. The lowest BCUT2D eigenvalue weighted by Gasteiger charge is -2.11. The summed E-state index contributed by atoms with van der Waals surface area (Å²) in [5.41, 5.74) is 0.801. The molecule has 0 saturated heterocycles. The summed E-state index contributed by atoms with van der Waals surface area (Å²) in [6, 6.07) is 14.6. The van der Waals surface area contributed by atoms with Gasteiger partial charge in [0.1, 0.15) is 5.75 Å². The Kier molecular flexibility index (Phi) is 8.99. The molecule has 2 rings (SSSR count). The summed E-state index contributed by atoms with van der Waals surface area (Å²) in [4.78, 5) is 24.5. The van der Waals surface area contributed by atoms with Crippen molar-refractivity contribution in [2.45, 2.75) is 6.92 Å². The quantitative estimate of drug-likeness (QED) is 0.365. The number of allylic oxidation sites excluding steroid dienone is 1. The summed E-state index contributed by atoms with van der Waals surface area (Å²) >= 11 is 0. The van der Waals surface area contributed by atoms with Crippen molar-refractivity contribution in [3.63, 3.8) is 0 Å². The van der Waals surface area contributed by atoms with Crippen molar-refractivity contribution in [1.29, 1.82) is 5.26 Å². The van der Waals surface area contributed by atoms with Gasteiger partial charge in [0, 0.05) is 5.56 Å². The number of nitriles is 1. The fourth-order valence-corrected chi connectivity index (χ4v) is 2.00. The van der Waals surface area contributed by atoms with Gasteiger partial charge in [-0.3, -0.25) is 4.79 Å². The largest absolute Gasteiger partial charge is 0.462 e. The maximum Gasteiger partial charge on any atom is 0.338 e. The van der Waals surface area contributed by atoms with Crippen LogP contribution in [0.3, 0.4) is 0 Å². The van der Waals surface area contributed by atoms with Gasteiger partial charge in [-0.1, -0.05) is 24.8 Å². The first kappa shape index (κ1) is 21.6. The van der Waals surface area contributed by atoms with Crippen LogP contribution in [0.15, 0.2) is 60.9 Å². The topological polar surface area (TPSA) is 88.4 Å². The van der Waals surface area contributed by atoms with Gasteiger partial charge in [0.2, 0.25) is 5.78 Å². The molecule has 0 fully saturated rings. The van der Waals surface area contributed by atoms with Crippen molar-refractivity contribution >= 4 is 11.8 Å². The van der Waals surface area contributed by atoms with E-state index in [2.05, 4.69) is 11.9 Å². The molecule has 0 aliphatic carbocycles. The van der Waals surface area contributed by atoms with Gasteiger partial charge in [-0.25, -0.2) is 4.79 Å². The zero-order valence-electron chi connectivity index (χ0n) is 15.6. The molecule has 2 aromatic rings. The number of carbonyl (C=O) groups excluding carboxylic acids is 2. The summed E-state index contributed by atoms with van der Waals surface area (Å²) < 4.78 is 10.4. The second-order valence-electron chi connectivity index (χ2n) is 5.26. The Hall–Kier alpha value is -3.43. The van der Waals surface area contributed by atoms with Crippen molar-refractivity contribution in [3.05, 3.63) is 77.6 Å². The third-order valence-corrected chi connectivity index (χ3v) is 3.14. The lowest BCUT2D eigenvalue weighted by Crippen LogP contribution is -2.15. The molecule has 0 aliphatic heterocycles. The minimum absolute atomic E-state index is 0.128. The Labute approximate surface area is 159 Å². The molecule has 0 atom stereocenters. The van der Waals surface area contributed by atoms with E-state index in [0.717, 1.165) is 0 Å². The number of hydrogen-bond donors (Lipinski definition) is 1. The number of hydrogen-bond acceptors (Lipinski definition) is 6. The maximum atomic E-state index is 12.5. The number of nitrogens with one attached hydrogen (secondary N) is 1. The number of esters is 1. The maximum absolute atomic E-state index is 12.5. The SMILES string of the molecule is C=C(Oc1ccc(C#N)cc1)C(=O)c1ccccc1C(=O)OCC.CNC. The number of ketones is 1. The molecular formula is C21H22N2O4. The van der Waals surface area contributed by atoms with Crippen molar-refractivity contribution in [2.75, 3.05) is 20.7 Å². The molecule has 140 valence electrons. The van der Waals surface area contributed by atoms with Crippen molar-refractivity contribution in [3.8, 4) is 11.8 Å². The number of benzene rings is 2. The number of rotatable bonds is 6. The van der Waals surface area contributed by atoms with Crippen LogP contribution in [0.1, 0.15) is 33.2 Å². The van der Waals surface area contributed by atoms with Crippen LogP contribution in [0.4, 0.5) is 0 Å². The van der Waals surface area contributed by atoms with E-state index in [1.807, 2.05) is 20.2 Å².